The van der Waals surface area contributed by atoms with Crippen LogP contribution in [0, 0.1) is 0 Å². The van der Waals surface area contributed by atoms with Crippen LogP contribution in [0.15, 0.2) is 18.2 Å². The molecule has 2 unspecified atom stereocenters. The molecule has 114 valence electrons. The Bertz CT molecular complexity index is 544. The molecular weight excluding hydrogens is 286 g/mol. The van der Waals surface area contributed by atoms with Crippen LogP contribution in [-0.2, 0) is 27.2 Å². The predicted octanol–water partition coefficient (Wildman–Crippen LogP) is 2.04. The number of fused-ring (bicyclic) bond motifs is 1. The fraction of sp³-hybridized carbons (Fsp3) is 0.500. The Morgan fingerprint density at radius 1 is 1.48 bits per heavy atom. The Morgan fingerprint density at radius 3 is 2.86 bits per heavy atom. The smallest absolute Gasteiger partial charge is 0.319 e. The van der Waals surface area contributed by atoms with Crippen LogP contribution < -0.4 is 5.73 Å². The maximum absolute atomic E-state index is 12.1. The van der Waals surface area contributed by atoms with Crippen LogP contribution in [-0.4, -0.2) is 30.0 Å². The fourth-order valence-electron chi connectivity index (χ4n) is 2.98. The molecule has 0 saturated heterocycles. The third-order valence-electron chi connectivity index (χ3n) is 3.85. The summed E-state index contributed by atoms with van der Waals surface area (Å²) in [6.07, 6.45) is 4.09. The van der Waals surface area contributed by atoms with Crippen LogP contribution in [0.1, 0.15) is 36.0 Å². The molecule has 0 aliphatic heterocycles. The van der Waals surface area contributed by atoms with Gasteiger partial charge in [-0.25, -0.2) is 0 Å². The van der Waals surface area contributed by atoms with Crippen molar-refractivity contribution in [1.29, 1.82) is 0 Å². The molecule has 1 aromatic carbocycles. The summed E-state index contributed by atoms with van der Waals surface area (Å²) >= 11 is 1.55. The van der Waals surface area contributed by atoms with Gasteiger partial charge in [0.2, 0.25) is 5.91 Å². The van der Waals surface area contributed by atoms with E-state index in [2.05, 4.69) is 0 Å². The van der Waals surface area contributed by atoms with Gasteiger partial charge in [-0.05, 0) is 42.7 Å². The fourth-order valence-corrected chi connectivity index (χ4v) is 3.85. The van der Waals surface area contributed by atoms with Crippen molar-refractivity contribution in [2.45, 2.75) is 37.4 Å². The summed E-state index contributed by atoms with van der Waals surface area (Å²) in [5.41, 5.74) is 8.61. The third kappa shape index (κ3) is 3.59. The van der Waals surface area contributed by atoms with Crippen molar-refractivity contribution in [1.82, 2.24) is 0 Å². The highest BCUT2D eigenvalue weighted by Crippen LogP contribution is 2.40. The van der Waals surface area contributed by atoms with E-state index in [4.69, 9.17) is 10.5 Å². The molecular formula is C16H21NO3S. The zero-order valence-electron chi connectivity index (χ0n) is 12.4. The summed E-state index contributed by atoms with van der Waals surface area (Å²) in [5, 5.41) is -0.159. The molecule has 2 atom stereocenters. The zero-order chi connectivity index (χ0) is 15.4. The maximum atomic E-state index is 12.1. The first-order valence-corrected chi connectivity index (χ1v) is 8.45. The van der Waals surface area contributed by atoms with E-state index < -0.39 is 0 Å². The number of primary amides is 1. The van der Waals surface area contributed by atoms with Gasteiger partial charge in [-0.3, -0.25) is 9.59 Å². The SMILES string of the molecule is CCOC(=O)C(SC)C1CCc2cc(CC(N)=O)ccc21. The first-order chi connectivity index (χ1) is 10.1. The lowest BCUT2D eigenvalue weighted by Gasteiger charge is -2.21. The molecule has 5 heteroatoms. The van der Waals surface area contributed by atoms with E-state index in [1.165, 1.54) is 11.1 Å². The molecule has 0 heterocycles. The number of hydrogen-bond acceptors (Lipinski definition) is 4. The van der Waals surface area contributed by atoms with Crippen LogP contribution >= 0.6 is 11.8 Å². The summed E-state index contributed by atoms with van der Waals surface area (Å²) < 4.78 is 5.18. The lowest BCUT2D eigenvalue weighted by atomic mass is 9.96. The van der Waals surface area contributed by atoms with Crippen molar-refractivity contribution in [3.8, 4) is 0 Å². The quantitative estimate of drug-likeness (QED) is 0.817. The Labute approximate surface area is 129 Å². The number of aryl methyl sites for hydroxylation is 1. The first kappa shape index (κ1) is 15.9. The predicted molar refractivity (Wildman–Crippen MR) is 84.3 cm³/mol. The van der Waals surface area contributed by atoms with E-state index in [1.54, 1.807) is 11.8 Å². The molecule has 0 bridgehead atoms. The summed E-state index contributed by atoms with van der Waals surface area (Å²) in [6, 6.07) is 6.01. The highest BCUT2D eigenvalue weighted by Gasteiger charge is 2.34. The molecule has 0 aromatic heterocycles. The summed E-state index contributed by atoms with van der Waals surface area (Å²) in [4.78, 5) is 23.1. The van der Waals surface area contributed by atoms with Crippen molar-refractivity contribution < 1.29 is 14.3 Å². The second-order valence-electron chi connectivity index (χ2n) is 5.23. The van der Waals surface area contributed by atoms with Crippen LogP contribution in [0.2, 0.25) is 0 Å². The molecule has 1 aliphatic carbocycles. The summed E-state index contributed by atoms with van der Waals surface area (Å²) in [7, 11) is 0. The Balaban J connectivity index is 2.21. The number of esters is 1. The number of thioether (sulfide) groups is 1. The minimum Gasteiger partial charge on any atom is -0.465 e. The van der Waals surface area contributed by atoms with Crippen LogP contribution in [0.4, 0.5) is 0 Å². The first-order valence-electron chi connectivity index (χ1n) is 7.16. The van der Waals surface area contributed by atoms with Crippen LogP contribution in [0.5, 0.6) is 0 Å². The largest absolute Gasteiger partial charge is 0.465 e. The van der Waals surface area contributed by atoms with Gasteiger partial charge < -0.3 is 10.5 Å². The van der Waals surface area contributed by atoms with E-state index in [1.807, 2.05) is 31.4 Å². The number of rotatable bonds is 6. The Kier molecular flexibility index (Phi) is 5.28. The standard InChI is InChI=1S/C16H21NO3S/c1-3-20-16(19)15(21-2)13-7-5-11-8-10(9-14(17)18)4-6-12(11)13/h4,6,8,13,15H,3,5,7,9H2,1-2H3,(H2,17,18). The average molecular weight is 307 g/mol. The third-order valence-corrected chi connectivity index (χ3v) is 4.88. The Morgan fingerprint density at radius 2 is 2.24 bits per heavy atom. The molecule has 1 amide bonds. The van der Waals surface area contributed by atoms with E-state index in [0.29, 0.717) is 6.61 Å². The van der Waals surface area contributed by atoms with Gasteiger partial charge >= 0.3 is 5.97 Å². The van der Waals surface area contributed by atoms with Gasteiger partial charge in [0.05, 0.1) is 13.0 Å². The minimum atomic E-state index is -0.321. The number of carbonyl (C=O) groups excluding carboxylic acids is 2. The van der Waals surface area contributed by atoms with Crippen molar-refractivity contribution in [3.63, 3.8) is 0 Å². The molecule has 21 heavy (non-hydrogen) atoms. The molecule has 0 saturated carbocycles. The molecule has 1 aromatic rings. The normalized spacial score (nSPS) is 18.1. The lowest BCUT2D eigenvalue weighted by Crippen LogP contribution is -2.26. The minimum absolute atomic E-state index is 0.135. The molecule has 2 N–H and O–H groups in total. The monoisotopic (exact) mass is 307 g/mol. The van der Waals surface area contributed by atoms with Gasteiger partial charge in [0.25, 0.3) is 0 Å². The number of benzene rings is 1. The Hall–Kier alpha value is -1.49. The number of ether oxygens (including phenoxy) is 1. The highest BCUT2D eigenvalue weighted by molar-refractivity contribution is 7.99. The molecule has 2 rings (SSSR count). The van der Waals surface area contributed by atoms with Crippen LogP contribution in [0.3, 0.4) is 0 Å². The van der Waals surface area contributed by atoms with E-state index in [0.717, 1.165) is 18.4 Å². The van der Waals surface area contributed by atoms with Crippen molar-refractivity contribution >= 4 is 23.6 Å². The summed E-state index contributed by atoms with van der Waals surface area (Å²) in [6.45, 7) is 2.24. The summed E-state index contributed by atoms with van der Waals surface area (Å²) in [5.74, 6) is -0.265. The second kappa shape index (κ2) is 6.98. The number of carbonyl (C=O) groups is 2. The van der Waals surface area contributed by atoms with Gasteiger partial charge in [-0.15, -0.1) is 11.8 Å². The van der Waals surface area contributed by atoms with Gasteiger partial charge in [0.1, 0.15) is 5.25 Å². The number of hydrogen-bond donors (Lipinski definition) is 1. The van der Waals surface area contributed by atoms with Gasteiger partial charge in [-0.1, -0.05) is 18.2 Å². The van der Waals surface area contributed by atoms with Crippen LogP contribution in [0.25, 0.3) is 0 Å². The average Bonchev–Trinajstić information content (AvgIpc) is 2.82. The molecule has 0 spiro atoms. The van der Waals surface area contributed by atoms with E-state index in [9.17, 15) is 9.59 Å². The van der Waals surface area contributed by atoms with Gasteiger partial charge in [0, 0.05) is 5.92 Å². The number of amides is 1. The van der Waals surface area contributed by atoms with Crippen molar-refractivity contribution in [3.05, 3.63) is 34.9 Å². The highest BCUT2D eigenvalue weighted by atomic mass is 32.2. The molecule has 0 fully saturated rings. The molecule has 4 nitrogen and oxygen atoms in total. The van der Waals surface area contributed by atoms with Crippen molar-refractivity contribution in [2.24, 2.45) is 5.73 Å². The number of nitrogens with two attached hydrogens (primary N) is 1. The van der Waals surface area contributed by atoms with E-state index >= 15 is 0 Å². The van der Waals surface area contributed by atoms with Gasteiger partial charge in [0.15, 0.2) is 0 Å². The maximum Gasteiger partial charge on any atom is 0.319 e. The topological polar surface area (TPSA) is 69.4 Å². The van der Waals surface area contributed by atoms with Gasteiger partial charge in [-0.2, -0.15) is 0 Å². The zero-order valence-corrected chi connectivity index (χ0v) is 13.2. The lowest BCUT2D eigenvalue weighted by molar-refractivity contribution is -0.142. The van der Waals surface area contributed by atoms with Crippen molar-refractivity contribution in [2.75, 3.05) is 12.9 Å². The second-order valence-corrected chi connectivity index (χ2v) is 6.21. The van der Waals surface area contributed by atoms with E-state index in [-0.39, 0.29) is 29.5 Å². The molecule has 0 radical (unpaired) electrons. The molecule has 1 aliphatic rings.